The van der Waals surface area contributed by atoms with E-state index in [0.717, 1.165) is 23.1 Å². The number of nitrogens with one attached hydrogen (secondary N) is 1. The van der Waals surface area contributed by atoms with Gasteiger partial charge in [-0.05, 0) is 25.3 Å². The van der Waals surface area contributed by atoms with E-state index >= 15 is 0 Å². The Bertz CT molecular complexity index is 609. The SMILES string of the molecule is CCc1sc2ncnc(N[C@@H](C)C(=O)O)c2c1CC. The minimum Gasteiger partial charge on any atom is -0.480 e. The molecule has 0 amide bonds. The van der Waals surface area contributed by atoms with Crippen LogP contribution in [-0.2, 0) is 17.6 Å². The van der Waals surface area contributed by atoms with E-state index in [-0.39, 0.29) is 0 Å². The lowest BCUT2D eigenvalue weighted by atomic mass is 10.1. The van der Waals surface area contributed by atoms with Crippen molar-refractivity contribution in [2.24, 2.45) is 0 Å². The maximum Gasteiger partial charge on any atom is 0.325 e. The minimum absolute atomic E-state index is 0.618. The number of rotatable bonds is 5. The van der Waals surface area contributed by atoms with Gasteiger partial charge in [0.2, 0.25) is 0 Å². The average Bonchev–Trinajstić information content (AvgIpc) is 2.77. The van der Waals surface area contributed by atoms with Crippen LogP contribution in [0.3, 0.4) is 0 Å². The lowest BCUT2D eigenvalue weighted by Gasteiger charge is -2.11. The Morgan fingerprint density at radius 3 is 2.74 bits per heavy atom. The van der Waals surface area contributed by atoms with Gasteiger partial charge >= 0.3 is 5.97 Å². The van der Waals surface area contributed by atoms with Gasteiger partial charge in [-0.1, -0.05) is 13.8 Å². The molecule has 0 aliphatic rings. The summed E-state index contributed by atoms with van der Waals surface area (Å²) in [5, 5.41) is 12.9. The Kier molecular flexibility index (Phi) is 3.99. The zero-order valence-corrected chi connectivity index (χ0v) is 12.0. The van der Waals surface area contributed by atoms with Gasteiger partial charge in [0.05, 0.1) is 5.39 Å². The molecule has 6 heteroatoms. The number of carbonyl (C=O) groups is 1. The maximum absolute atomic E-state index is 11.0. The molecular weight excluding hydrogens is 262 g/mol. The number of thiophene rings is 1. The van der Waals surface area contributed by atoms with Gasteiger partial charge < -0.3 is 10.4 Å². The molecule has 0 radical (unpaired) electrons. The molecule has 19 heavy (non-hydrogen) atoms. The molecule has 0 bridgehead atoms. The lowest BCUT2D eigenvalue weighted by molar-refractivity contribution is -0.137. The van der Waals surface area contributed by atoms with E-state index in [1.165, 1.54) is 16.8 Å². The molecule has 0 saturated heterocycles. The van der Waals surface area contributed by atoms with E-state index < -0.39 is 12.0 Å². The Hall–Kier alpha value is -1.69. The van der Waals surface area contributed by atoms with E-state index in [4.69, 9.17) is 5.11 Å². The summed E-state index contributed by atoms with van der Waals surface area (Å²) in [5.41, 5.74) is 1.23. The van der Waals surface area contributed by atoms with Crippen molar-refractivity contribution in [3.05, 3.63) is 16.8 Å². The van der Waals surface area contributed by atoms with Crippen LogP contribution in [0, 0.1) is 0 Å². The van der Waals surface area contributed by atoms with Gasteiger partial charge in [0.1, 0.15) is 23.0 Å². The second kappa shape index (κ2) is 5.52. The van der Waals surface area contributed by atoms with E-state index in [1.807, 2.05) is 0 Å². The van der Waals surface area contributed by atoms with Crippen LogP contribution in [0.2, 0.25) is 0 Å². The Morgan fingerprint density at radius 1 is 1.42 bits per heavy atom. The fourth-order valence-electron chi connectivity index (χ4n) is 2.07. The first kappa shape index (κ1) is 13.7. The molecule has 2 aromatic heterocycles. The van der Waals surface area contributed by atoms with E-state index in [2.05, 4.69) is 29.1 Å². The van der Waals surface area contributed by atoms with E-state index in [1.54, 1.807) is 18.3 Å². The van der Waals surface area contributed by atoms with Gasteiger partial charge in [-0.2, -0.15) is 0 Å². The van der Waals surface area contributed by atoms with Crippen LogP contribution in [0.4, 0.5) is 5.82 Å². The van der Waals surface area contributed by atoms with Crippen molar-refractivity contribution in [3.8, 4) is 0 Å². The quantitative estimate of drug-likeness (QED) is 0.880. The van der Waals surface area contributed by atoms with Gasteiger partial charge in [0.15, 0.2) is 0 Å². The summed E-state index contributed by atoms with van der Waals surface area (Å²) in [4.78, 5) is 21.7. The molecule has 0 aliphatic carbocycles. The number of aliphatic carboxylic acids is 1. The Balaban J connectivity index is 2.55. The van der Waals surface area contributed by atoms with Crippen molar-refractivity contribution in [3.63, 3.8) is 0 Å². The summed E-state index contributed by atoms with van der Waals surface area (Å²) < 4.78 is 0. The summed E-state index contributed by atoms with van der Waals surface area (Å²) in [6.45, 7) is 5.82. The van der Waals surface area contributed by atoms with E-state index in [9.17, 15) is 4.79 Å². The van der Waals surface area contributed by atoms with Crippen LogP contribution in [-0.4, -0.2) is 27.1 Å². The Labute approximate surface area is 115 Å². The van der Waals surface area contributed by atoms with Crippen LogP contribution in [0.25, 0.3) is 10.2 Å². The average molecular weight is 279 g/mol. The van der Waals surface area contributed by atoms with Crippen LogP contribution in [0.15, 0.2) is 6.33 Å². The highest BCUT2D eigenvalue weighted by molar-refractivity contribution is 7.18. The summed E-state index contributed by atoms with van der Waals surface area (Å²) in [6, 6.07) is -0.673. The highest BCUT2D eigenvalue weighted by Gasteiger charge is 2.18. The molecule has 5 nitrogen and oxygen atoms in total. The molecule has 1 atom stereocenters. The van der Waals surface area contributed by atoms with Crippen LogP contribution >= 0.6 is 11.3 Å². The lowest BCUT2D eigenvalue weighted by Crippen LogP contribution is -2.26. The number of carboxylic acid groups (broad SMARTS) is 1. The standard InChI is InChI=1S/C13H17N3O2S/c1-4-8-9(5-2)19-12-10(8)11(14-6-15-12)16-7(3)13(17)18/h6-7H,4-5H2,1-3H3,(H,17,18)(H,14,15,16)/t7-/m0/s1. The normalized spacial score (nSPS) is 12.6. The molecule has 0 aromatic carbocycles. The van der Waals surface area contributed by atoms with Crippen molar-refractivity contribution in [1.82, 2.24) is 9.97 Å². The molecule has 102 valence electrons. The topological polar surface area (TPSA) is 75.1 Å². The molecule has 0 aliphatic heterocycles. The first-order valence-electron chi connectivity index (χ1n) is 6.33. The monoisotopic (exact) mass is 279 g/mol. The van der Waals surface area contributed by atoms with Crippen LogP contribution in [0.1, 0.15) is 31.2 Å². The van der Waals surface area contributed by atoms with Crippen LogP contribution in [0.5, 0.6) is 0 Å². The molecule has 0 fully saturated rings. The van der Waals surface area contributed by atoms with Crippen molar-refractivity contribution >= 4 is 33.3 Å². The third kappa shape index (κ3) is 2.53. The number of hydrogen-bond donors (Lipinski definition) is 2. The molecule has 2 aromatic rings. The van der Waals surface area contributed by atoms with Crippen LogP contribution < -0.4 is 5.32 Å². The highest BCUT2D eigenvalue weighted by atomic mass is 32.1. The fraction of sp³-hybridized carbons (Fsp3) is 0.462. The first-order valence-corrected chi connectivity index (χ1v) is 7.14. The van der Waals surface area contributed by atoms with E-state index in [0.29, 0.717) is 5.82 Å². The zero-order valence-electron chi connectivity index (χ0n) is 11.2. The van der Waals surface area contributed by atoms with Crippen molar-refractivity contribution in [2.45, 2.75) is 39.7 Å². The molecule has 0 spiro atoms. The van der Waals surface area contributed by atoms with Gasteiger partial charge in [0, 0.05) is 4.88 Å². The number of aryl methyl sites for hydroxylation is 2. The van der Waals surface area contributed by atoms with Gasteiger partial charge in [-0.3, -0.25) is 4.79 Å². The van der Waals surface area contributed by atoms with Crippen molar-refractivity contribution < 1.29 is 9.90 Å². The summed E-state index contributed by atoms with van der Waals surface area (Å²) in [6.07, 6.45) is 3.33. The maximum atomic E-state index is 11.0. The highest BCUT2D eigenvalue weighted by Crippen LogP contribution is 2.34. The predicted octanol–water partition coefficient (Wildman–Crippen LogP) is 2.70. The van der Waals surface area contributed by atoms with Crippen molar-refractivity contribution in [1.29, 1.82) is 0 Å². The smallest absolute Gasteiger partial charge is 0.325 e. The number of hydrogen-bond acceptors (Lipinski definition) is 5. The molecule has 2 N–H and O–H groups in total. The zero-order chi connectivity index (χ0) is 14.0. The number of anilines is 1. The third-order valence-corrected chi connectivity index (χ3v) is 4.35. The molecule has 2 heterocycles. The summed E-state index contributed by atoms with van der Waals surface area (Å²) in [5.74, 6) is -0.275. The second-order valence-electron chi connectivity index (χ2n) is 4.32. The summed E-state index contributed by atoms with van der Waals surface area (Å²) >= 11 is 1.66. The molecule has 0 saturated carbocycles. The minimum atomic E-state index is -0.893. The number of aromatic nitrogens is 2. The molecular formula is C13H17N3O2S. The van der Waals surface area contributed by atoms with Gasteiger partial charge in [0.25, 0.3) is 0 Å². The number of nitrogens with zero attached hydrogens (tertiary/aromatic N) is 2. The molecule has 2 rings (SSSR count). The second-order valence-corrected chi connectivity index (χ2v) is 5.40. The third-order valence-electron chi connectivity index (χ3n) is 3.07. The Morgan fingerprint density at radius 2 is 2.16 bits per heavy atom. The predicted molar refractivity (Wildman–Crippen MR) is 76.9 cm³/mol. The fourth-order valence-corrected chi connectivity index (χ4v) is 3.24. The van der Waals surface area contributed by atoms with Gasteiger partial charge in [-0.15, -0.1) is 11.3 Å². The number of carboxylic acids is 1. The van der Waals surface area contributed by atoms with Crippen molar-refractivity contribution in [2.75, 3.05) is 5.32 Å². The van der Waals surface area contributed by atoms with Gasteiger partial charge in [-0.25, -0.2) is 9.97 Å². The molecule has 0 unspecified atom stereocenters. The largest absolute Gasteiger partial charge is 0.480 e. The first-order chi connectivity index (χ1) is 9.08. The number of fused-ring (bicyclic) bond motifs is 1. The summed E-state index contributed by atoms with van der Waals surface area (Å²) in [7, 11) is 0.